The molecule has 0 aliphatic heterocycles. The van der Waals surface area contributed by atoms with Crippen molar-refractivity contribution in [2.75, 3.05) is 12.4 Å². The molecule has 1 aromatic carbocycles. The summed E-state index contributed by atoms with van der Waals surface area (Å²) >= 11 is 0. The molecule has 0 amide bonds. The molecule has 0 radical (unpaired) electrons. The number of imidazole rings is 1. The number of aromatic nitrogens is 4. The van der Waals surface area contributed by atoms with Crippen molar-refractivity contribution in [3.05, 3.63) is 61.1 Å². The SMILES string of the molecule is COc1cccc(Nc2nccc3[nH]c(-c4cccnc4)nc23)c1. The molecule has 4 aromatic rings. The van der Waals surface area contributed by atoms with Crippen LogP contribution in [0.4, 0.5) is 11.5 Å². The number of hydrogen-bond acceptors (Lipinski definition) is 5. The van der Waals surface area contributed by atoms with Crippen molar-refractivity contribution in [3.8, 4) is 17.1 Å². The molecular weight excluding hydrogens is 302 g/mol. The van der Waals surface area contributed by atoms with Crippen LogP contribution < -0.4 is 10.1 Å². The number of fused-ring (bicyclic) bond motifs is 1. The molecule has 0 saturated carbocycles. The first-order chi connectivity index (χ1) is 11.8. The number of H-pyrrole nitrogens is 1. The lowest BCUT2D eigenvalue weighted by atomic mass is 10.3. The summed E-state index contributed by atoms with van der Waals surface area (Å²) in [5.74, 6) is 2.23. The molecule has 0 fully saturated rings. The number of ether oxygens (including phenoxy) is 1. The van der Waals surface area contributed by atoms with E-state index >= 15 is 0 Å². The molecule has 0 aliphatic rings. The normalized spacial score (nSPS) is 10.7. The maximum absolute atomic E-state index is 5.25. The molecule has 24 heavy (non-hydrogen) atoms. The first-order valence-corrected chi connectivity index (χ1v) is 7.50. The summed E-state index contributed by atoms with van der Waals surface area (Å²) in [5, 5.41) is 3.30. The number of benzene rings is 1. The highest BCUT2D eigenvalue weighted by Crippen LogP contribution is 2.27. The van der Waals surface area contributed by atoms with Gasteiger partial charge in [-0.3, -0.25) is 4.98 Å². The Morgan fingerprint density at radius 2 is 2.04 bits per heavy atom. The van der Waals surface area contributed by atoms with Gasteiger partial charge in [0.15, 0.2) is 5.82 Å². The van der Waals surface area contributed by atoms with Crippen LogP contribution in [-0.4, -0.2) is 27.0 Å². The van der Waals surface area contributed by atoms with Crippen molar-refractivity contribution in [2.45, 2.75) is 0 Å². The van der Waals surface area contributed by atoms with E-state index in [1.165, 1.54) is 0 Å². The van der Waals surface area contributed by atoms with E-state index in [1.54, 1.807) is 25.7 Å². The molecule has 0 saturated heterocycles. The minimum Gasteiger partial charge on any atom is -0.497 e. The van der Waals surface area contributed by atoms with E-state index in [0.717, 1.165) is 33.9 Å². The van der Waals surface area contributed by atoms with Crippen LogP contribution in [0.3, 0.4) is 0 Å². The minimum absolute atomic E-state index is 0.687. The average molecular weight is 317 g/mol. The molecule has 3 heterocycles. The Hall–Kier alpha value is -3.41. The quantitative estimate of drug-likeness (QED) is 0.599. The van der Waals surface area contributed by atoms with Crippen LogP contribution in [0.25, 0.3) is 22.4 Å². The van der Waals surface area contributed by atoms with Gasteiger partial charge < -0.3 is 15.0 Å². The van der Waals surface area contributed by atoms with E-state index in [2.05, 4.69) is 25.3 Å². The van der Waals surface area contributed by atoms with Gasteiger partial charge in [0.2, 0.25) is 0 Å². The lowest BCUT2D eigenvalue weighted by molar-refractivity contribution is 0.415. The number of aromatic amines is 1. The molecule has 0 aliphatic carbocycles. The molecule has 6 nitrogen and oxygen atoms in total. The first kappa shape index (κ1) is 14.2. The summed E-state index contributed by atoms with van der Waals surface area (Å²) in [6, 6.07) is 13.4. The van der Waals surface area contributed by atoms with Gasteiger partial charge in [0.25, 0.3) is 0 Å². The predicted octanol–water partition coefficient (Wildman–Crippen LogP) is 3.77. The van der Waals surface area contributed by atoms with E-state index in [9.17, 15) is 0 Å². The largest absolute Gasteiger partial charge is 0.497 e. The highest BCUT2D eigenvalue weighted by molar-refractivity contribution is 5.89. The van der Waals surface area contributed by atoms with E-state index < -0.39 is 0 Å². The summed E-state index contributed by atoms with van der Waals surface area (Å²) in [4.78, 5) is 16.5. The van der Waals surface area contributed by atoms with Crippen LogP contribution in [0.15, 0.2) is 61.1 Å². The number of anilines is 2. The molecule has 118 valence electrons. The van der Waals surface area contributed by atoms with Gasteiger partial charge in [-0.1, -0.05) is 6.07 Å². The van der Waals surface area contributed by atoms with Gasteiger partial charge >= 0.3 is 0 Å². The number of nitrogens with zero attached hydrogens (tertiary/aromatic N) is 3. The minimum atomic E-state index is 0.687. The third-order valence-electron chi connectivity index (χ3n) is 3.67. The van der Waals surface area contributed by atoms with Crippen molar-refractivity contribution in [3.63, 3.8) is 0 Å². The monoisotopic (exact) mass is 317 g/mol. The summed E-state index contributed by atoms with van der Waals surface area (Å²) in [6.07, 6.45) is 5.26. The Kier molecular flexibility index (Phi) is 3.55. The van der Waals surface area contributed by atoms with Crippen molar-refractivity contribution < 1.29 is 4.74 Å². The summed E-state index contributed by atoms with van der Waals surface area (Å²) < 4.78 is 5.25. The van der Waals surface area contributed by atoms with Gasteiger partial charge in [0.1, 0.15) is 17.1 Å². The highest BCUT2D eigenvalue weighted by atomic mass is 16.5. The van der Waals surface area contributed by atoms with Gasteiger partial charge in [-0.15, -0.1) is 0 Å². The maximum atomic E-state index is 5.25. The smallest absolute Gasteiger partial charge is 0.158 e. The van der Waals surface area contributed by atoms with Gasteiger partial charge in [0.05, 0.1) is 12.6 Å². The van der Waals surface area contributed by atoms with Crippen molar-refractivity contribution in [2.24, 2.45) is 0 Å². The van der Waals surface area contributed by atoms with Crippen molar-refractivity contribution in [1.82, 2.24) is 19.9 Å². The number of methoxy groups -OCH3 is 1. The predicted molar refractivity (Wildman–Crippen MR) is 93.4 cm³/mol. The molecule has 0 unspecified atom stereocenters. The fourth-order valence-corrected chi connectivity index (χ4v) is 2.50. The Morgan fingerprint density at radius 3 is 2.88 bits per heavy atom. The maximum Gasteiger partial charge on any atom is 0.158 e. The number of rotatable bonds is 4. The Bertz CT molecular complexity index is 981. The van der Waals surface area contributed by atoms with Gasteiger partial charge in [0, 0.05) is 35.9 Å². The van der Waals surface area contributed by atoms with E-state index in [0.29, 0.717) is 5.82 Å². The summed E-state index contributed by atoms with van der Waals surface area (Å²) in [5.41, 5.74) is 3.51. The van der Waals surface area contributed by atoms with Gasteiger partial charge in [-0.2, -0.15) is 0 Å². The highest BCUT2D eigenvalue weighted by Gasteiger charge is 2.10. The van der Waals surface area contributed by atoms with Crippen LogP contribution in [0.1, 0.15) is 0 Å². The molecule has 4 rings (SSSR count). The number of nitrogens with one attached hydrogen (secondary N) is 2. The zero-order valence-corrected chi connectivity index (χ0v) is 13.0. The molecule has 0 atom stereocenters. The third kappa shape index (κ3) is 2.65. The number of pyridine rings is 2. The molecule has 0 spiro atoms. The lowest BCUT2D eigenvalue weighted by Gasteiger charge is -2.07. The zero-order chi connectivity index (χ0) is 16.4. The van der Waals surface area contributed by atoms with Crippen LogP contribution in [0, 0.1) is 0 Å². The van der Waals surface area contributed by atoms with Gasteiger partial charge in [-0.05, 0) is 30.3 Å². The van der Waals surface area contributed by atoms with Crippen LogP contribution >= 0.6 is 0 Å². The van der Waals surface area contributed by atoms with Gasteiger partial charge in [-0.25, -0.2) is 9.97 Å². The second kappa shape index (κ2) is 6.00. The number of hydrogen-bond donors (Lipinski definition) is 2. The Balaban J connectivity index is 1.74. The molecule has 2 N–H and O–H groups in total. The fourth-order valence-electron chi connectivity index (χ4n) is 2.50. The van der Waals surface area contributed by atoms with Crippen LogP contribution in [0.5, 0.6) is 5.75 Å². The van der Waals surface area contributed by atoms with E-state index in [1.807, 2.05) is 42.5 Å². The first-order valence-electron chi connectivity index (χ1n) is 7.50. The molecule has 0 bridgehead atoms. The molecular formula is C18H15N5O. The topological polar surface area (TPSA) is 75.7 Å². The molecule has 6 heteroatoms. The van der Waals surface area contributed by atoms with Crippen molar-refractivity contribution in [1.29, 1.82) is 0 Å². The van der Waals surface area contributed by atoms with E-state index in [-0.39, 0.29) is 0 Å². The standard InChI is InChI=1S/C18H15N5O/c1-24-14-6-2-5-13(10-14)21-18-16-15(7-9-20-18)22-17(23-16)12-4-3-8-19-11-12/h2-11H,1H3,(H,20,21)(H,22,23). The summed E-state index contributed by atoms with van der Waals surface area (Å²) in [6.45, 7) is 0. The van der Waals surface area contributed by atoms with E-state index in [4.69, 9.17) is 4.74 Å². The van der Waals surface area contributed by atoms with Crippen LogP contribution in [-0.2, 0) is 0 Å². The zero-order valence-electron chi connectivity index (χ0n) is 13.0. The summed E-state index contributed by atoms with van der Waals surface area (Å²) in [7, 11) is 1.64. The second-order valence-electron chi connectivity index (χ2n) is 5.24. The third-order valence-corrected chi connectivity index (χ3v) is 3.67. The molecule has 3 aromatic heterocycles. The average Bonchev–Trinajstić information content (AvgIpc) is 3.08. The lowest BCUT2D eigenvalue weighted by Crippen LogP contribution is -1.95. The van der Waals surface area contributed by atoms with Crippen molar-refractivity contribution >= 4 is 22.5 Å². The fraction of sp³-hybridized carbons (Fsp3) is 0.0556. The Morgan fingerprint density at radius 1 is 1.08 bits per heavy atom. The second-order valence-corrected chi connectivity index (χ2v) is 5.24. The van der Waals surface area contributed by atoms with Crippen LogP contribution in [0.2, 0.25) is 0 Å². The Labute approximate surface area is 138 Å².